The molecule has 2 N–H and O–H groups in total. The van der Waals surface area contributed by atoms with Gasteiger partial charge in [0.1, 0.15) is 11.5 Å². The summed E-state index contributed by atoms with van der Waals surface area (Å²) >= 11 is 5.96. The first-order valence-electron chi connectivity index (χ1n) is 5.73. The molecule has 1 atom stereocenters. The van der Waals surface area contributed by atoms with Crippen LogP contribution in [0.4, 0.5) is 5.82 Å². The molecule has 0 spiro atoms. The summed E-state index contributed by atoms with van der Waals surface area (Å²) in [5.74, 6) is 0.399. The van der Waals surface area contributed by atoms with Crippen molar-refractivity contribution in [3.8, 4) is 0 Å². The van der Waals surface area contributed by atoms with E-state index in [0.29, 0.717) is 10.8 Å². The van der Waals surface area contributed by atoms with Crippen LogP contribution in [0.2, 0.25) is 5.02 Å². The minimum atomic E-state index is -0.229. The van der Waals surface area contributed by atoms with E-state index >= 15 is 0 Å². The first kappa shape index (κ1) is 13.8. The standard InChI is InChI=1S/C12H18ClN3O/c1-4-5-8(2)15-12(17)11-9(13)6-7-10(14-3)16-11/h6-8H,4-5H2,1-3H3,(H,14,16)(H,15,17). The fraction of sp³-hybridized carbons (Fsp3) is 0.500. The number of pyridine rings is 1. The van der Waals surface area contributed by atoms with Crippen LogP contribution in [-0.2, 0) is 0 Å². The zero-order valence-corrected chi connectivity index (χ0v) is 11.1. The number of rotatable bonds is 5. The molecule has 1 aromatic rings. The van der Waals surface area contributed by atoms with Gasteiger partial charge in [0.25, 0.3) is 5.91 Å². The van der Waals surface area contributed by atoms with E-state index in [0.717, 1.165) is 12.8 Å². The molecule has 0 fully saturated rings. The normalized spacial score (nSPS) is 12.0. The molecule has 0 saturated heterocycles. The van der Waals surface area contributed by atoms with Crippen molar-refractivity contribution >= 4 is 23.3 Å². The fourth-order valence-corrected chi connectivity index (χ4v) is 1.73. The predicted octanol–water partition coefficient (Wildman–Crippen LogP) is 2.70. The van der Waals surface area contributed by atoms with Crippen LogP contribution in [-0.4, -0.2) is 24.0 Å². The Kier molecular flexibility index (Phi) is 5.22. The molecule has 0 aromatic carbocycles. The third-order valence-electron chi connectivity index (χ3n) is 2.42. The number of carbonyl (C=O) groups excluding carboxylic acids is 1. The van der Waals surface area contributed by atoms with Gasteiger partial charge in [-0.25, -0.2) is 4.98 Å². The van der Waals surface area contributed by atoms with E-state index in [1.807, 2.05) is 6.92 Å². The van der Waals surface area contributed by atoms with E-state index in [-0.39, 0.29) is 17.6 Å². The molecular weight excluding hydrogens is 238 g/mol. The zero-order chi connectivity index (χ0) is 12.8. The highest BCUT2D eigenvalue weighted by atomic mass is 35.5. The Hall–Kier alpha value is -1.29. The van der Waals surface area contributed by atoms with Gasteiger partial charge in [-0.05, 0) is 25.5 Å². The van der Waals surface area contributed by atoms with Crippen LogP contribution in [0.5, 0.6) is 0 Å². The van der Waals surface area contributed by atoms with Crippen LogP contribution in [0, 0.1) is 0 Å². The highest BCUT2D eigenvalue weighted by molar-refractivity contribution is 6.33. The summed E-state index contributed by atoms with van der Waals surface area (Å²) in [6.45, 7) is 4.05. The van der Waals surface area contributed by atoms with Crippen molar-refractivity contribution in [3.05, 3.63) is 22.8 Å². The summed E-state index contributed by atoms with van der Waals surface area (Å²) < 4.78 is 0. The number of hydrogen-bond donors (Lipinski definition) is 2. The number of anilines is 1. The molecule has 1 rings (SSSR count). The monoisotopic (exact) mass is 255 g/mol. The van der Waals surface area contributed by atoms with Crippen molar-refractivity contribution in [3.63, 3.8) is 0 Å². The smallest absolute Gasteiger partial charge is 0.271 e. The molecule has 0 aliphatic rings. The second-order valence-corrected chi connectivity index (χ2v) is 4.35. The van der Waals surface area contributed by atoms with Gasteiger partial charge in [-0.15, -0.1) is 0 Å². The highest BCUT2D eigenvalue weighted by Crippen LogP contribution is 2.16. The summed E-state index contributed by atoms with van der Waals surface area (Å²) in [6.07, 6.45) is 1.97. The van der Waals surface area contributed by atoms with Gasteiger partial charge in [0.2, 0.25) is 0 Å². The van der Waals surface area contributed by atoms with Gasteiger partial charge in [-0.2, -0.15) is 0 Å². The number of nitrogens with one attached hydrogen (secondary N) is 2. The maximum Gasteiger partial charge on any atom is 0.271 e. The number of amides is 1. The third kappa shape index (κ3) is 3.89. The SMILES string of the molecule is CCCC(C)NC(=O)c1nc(NC)ccc1Cl. The average Bonchev–Trinajstić information content (AvgIpc) is 2.29. The Morgan fingerprint density at radius 1 is 1.53 bits per heavy atom. The summed E-state index contributed by atoms with van der Waals surface area (Å²) in [5.41, 5.74) is 0.265. The molecule has 17 heavy (non-hydrogen) atoms. The van der Waals surface area contributed by atoms with E-state index in [1.54, 1.807) is 19.2 Å². The Morgan fingerprint density at radius 3 is 2.82 bits per heavy atom. The lowest BCUT2D eigenvalue weighted by Gasteiger charge is -2.13. The van der Waals surface area contributed by atoms with Crippen molar-refractivity contribution in [2.75, 3.05) is 12.4 Å². The highest BCUT2D eigenvalue weighted by Gasteiger charge is 2.14. The number of carbonyl (C=O) groups is 1. The van der Waals surface area contributed by atoms with Gasteiger partial charge in [-0.3, -0.25) is 4.79 Å². The second-order valence-electron chi connectivity index (χ2n) is 3.94. The summed E-state index contributed by atoms with van der Waals surface area (Å²) in [6, 6.07) is 3.53. The largest absolute Gasteiger partial charge is 0.373 e. The molecular formula is C12H18ClN3O. The van der Waals surface area contributed by atoms with E-state index < -0.39 is 0 Å². The first-order chi connectivity index (χ1) is 8.08. The lowest BCUT2D eigenvalue weighted by Crippen LogP contribution is -2.33. The van der Waals surface area contributed by atoms with Crippen molar-refractivity contribution in [2.45, 2.75) is 32.7 Å². The molecule has 0 saturated carbocycles. The molecule has 4 nitrogen and oxygen atoms in total. The molecule has 1 amide bonds. The van der Waals surface area contributed by atoms with Gasteiger partial charge in [0.15, 0.2) is 0 Å². The summed E-state index contributed by atoms with van der Waals surface area (Å²) in [7, 11) is 1.75. The Balaban J connectivity index is 2.80. The fourth-order valence-electron chi connectivity index (χ4n) is 1.54. The molecule has 0 radical (unpaired) electrons. The van der Waals surface area contributed by atoms with Crippen LogP contribution in [0.15, 0.2) is 12.1 Å². The molecule has 1 unspecified atom stereocenters. The second kappa shape index (κ2) is 6.45. The van der Waals surface area contributed by atoms with Crippen LogP contribution in [0.25, 0.3) is 0 Å². The van der Waals surface area contributed by atoms with E-state index in [1.165, 1.54) is 0 Å². The Morgan fingerprint density at radius 2 is 2.24 bits per heavy atom. The van der Waals surface area contributed by atoms with Crippen molar-refractivity contribution < 1.29 is 4.79 Å². The Bertz CT molecular complexity index is 395. The van der Waals surface area contributed by atoms with Gasteiger partial charge < -0.3 is 10.6 Å². The molecule has 5 heteroatoms. The Labute approximate surface area is 107 Å². The maximum atomic E-state index is 11.9. The topological polar surface area (TPSA) is 54.0 Å². The molecule has 0 bridgehead atoms. The summed E-state index contributed by atoms with van der Waals surface area (Å²) in [4.78, 5) is 16.1. The van der Waals surface area contributed by atoms with Crippen molar-refractivity contribution in [2.24, 2.45) is 0 Å². The van der Waals surface area contributed by atoms with Crippen molar-refractivity contribution in [1.82, 2.24) is 10.3 Å². The molecule has 0 aliphatic carbocycles. The van der Waals surface area contributed by atoms with E-state index in [4.69, 9.17) is 11.6 Å². The number of aromatic nitrogens is 1. The van der Waals surface area contributed by atoms with Crippen LogP contribution in [0.3, 0.4) is 0 Å². The minimum Gasteiger partial charge on any atom is -0.373 e. The lowest BCUT2D eigenvalue weighted by molar-refractivity contribution is 0.0933. The van der Waals surface area contributed by atoms with E-state index in [9.17, 15) is 4.79 Å². The lowest BCUT2D eigenvalue weighted by atomic mass is 10.2. The van der Waals surface area contributed by atoms with Gasteiger partial charge >= 0.3 is 0 Å². The summed E-state index contributed by atoms with van der Waals surface area (Å²) in [5, 5.41) is 6.12. The van der Waals surface area contributed by atoms with Gasteiger partial charge in [0.05, 0.1) is 5.02 Å². The van der Waals surface area contributed by atoms with E-state index in [2.05, 4.69) is 22.5 Å². The molecule has 0 aliphatic heterocycles. The van der Waals surface area contributed by atoms with Crippen LogP contribution in [0.1, 0.15) is 37.2 Å². The van der Waals surface area contributed by atoms with Gasteiger partial charge in [0, 0.05) is 13.1 Å². The number of halogens is 1. The minimum absolute atomic E-state index is 0.128. The molecule has 1 aromatic heterocycles. The van der Waals surface area contributed by atoms with Crippen LogP contribution >= 0.6 is 11.6 Å². The first-order valence-corrected chi connectivity index (χ1v) is 6.11. The molecule has 94 valence electrons. The van der Waals surface area contributed by atoms with Crippen molar-refractivity contribution in [1.29, 1.82) is 0 Å². The molecule has 1 heterocycles. The average molecular weight is 256 g/mol. The quantitative estimate of drug-likeness (QED) is 0.851. The number of nitrogens with zero attached hydrogens (tertiary/aromatic N) is 1. The maximum absolute atomic E-state index is 11.9. The number of hydrogen-bond acceptors (Lipinski definition) is 3. The zero-order valence-electron chi connectivity index (χ0n) is 10.4. The predicted molar refractivity (Wildman–Crippen MR) is 70.6 cm³/mol. The third-order valence-corrected chi connectivity index (χ3v) is 2.72. The van der Waals surface area contributed by atoms with Gasteiger partial charge in [-0.1, -0.05) is 24.9 Å². The van der Waals surface area contributed by atoms with Crippen LogP contribution < -0.4 is 10.6 Å².